The van der Waals surface area contributed by atoms with Gasteiger partial charge in [0.25, 0.3) is 0 Å². The summed E-state index contributed by atoms with van der Waals surface area (Å²) in [4.78, 5) is 2.31. The van der Waals surface area contributed by atoms with Crippen molar-refractivity contribution in [1.29, 1.82) is 0 Å². The minimum atomic E-state index is -3.30. The molecule has 3 rings (SSSR count). The molecule has 0 aromatic heterocycles. The third-order valence-corrected chi connectivity index (χ3v) is 6.14. The van der Waals surface area contributed by atoms with Crippen LogP contribution in [0.5, 0.6) is 0 Å². The van der Waals surface area contributed by atoms with Crippen LogP contribution < -0.4 is 14.9 Å². The molecule has 5 nitrogen and oxygen atoms in total. The van der Waals surface area contributed by atoms with E-state index in [0.29, 0.717) is 12.2 Å². The van der Waals surface area contributed by atoms with Gasteiger partial charge in [0.2, 0.25) is 10.0 Å². The van der Waals surface area contributed by atoms with Crippen LogP contribution in [0.4, 0.5) is 17.1 Å². The highest BCUT2D eigenvalue weighted by molar-refractivity contribution is 7.93. The lowest BCUT2D eigenvalue weighted by atomic mass is 10.2. The molecule has 0 spiro atoms. The van der Waals surface area contributed by atoms with Crippen molar-refractivity contribution in [3.8, 4) is 0 Å². The first-order valence-corrected chi connectivity index (χ1v) is 10.3. The van der Waals surface area contributed by atoms with Crippen LogP contribution in [0.15, 0.2) is 60.7 Å². The minimum absolute atomic E-state index is 0.455. The summed E-state index contributed by atoms with van der Waals surface area (Å²) in [6, 6.07) is 15.8. The van der Waals surface area contributed by atoms with Gasteiger partial charge in [0.1, 0.15) is 0 Å². The molecule has 0 amide bonds. The van der Waals surface area contributed by atoms with Crippen LogP contribution in [-0.4, -0.2) is 26.8 Å². The first-order valence-electron chi connectivity index (χ1n) is 8.78. The molecule has 0 radical (unpaired) electrons. The van der Waals surface area contributed by atoms with E-state index in [9.17, 15) is 8.42 Å². The zero-order valence-corrected chi connectivity index (χ0v) is 16.0. The van der Waals surface area contributed by atoms with E-state index in [1.807, 2.05) is 12.1 Å². The molecular formula is C20H25N3O2S. The van der Waals surface area contributed by atoms with Gasteiger partial charge in [0, 0.05) is 36.7 Å². The Kier molecular flexibility index (Phi) is 5.52. The Morgan fingerprint density at radius 3 is 2.08 bits per heavy atom. The van der Waals surface area contributed by atoms with Crippen LogP contribution in [0.1, 0.15) is 19.4 Å². The monoisotopic (exact) mass is 371 g/mol. The van der Waals surface area contributed by atoms with E-state index in [1.165, 1.54) is 5.69 Å². The molecule has 6 heteroatoms. The maximum atomic E-state index is 11.9. The van der Waals surface area contributed by atoms with E-state index in [1.54, 1.807) is 26.0 Å². The number of hydrogen-bond acceptors (Lipinski definition) is 4. The van der Waals surface area contributed by atoms with Crippen molar-refractivity contribution in [2.45, 2.75) is 25.6 Å². The zero-order chi connectivity index (χ0) is 18.6. The fraction of sp³-hybridized carbons (Fsp3) is 0.300. The Hall–Kier alpha value is -2.47. The SMILES string of the molecule is CC(C)S(=O)(=O)Nc1ccc(CNc2ccc(N3CC=CC3)cc2)cc1. The van der Waals surface area contributed by atoms with Crippen molar-refractivity contribution in [2.75, 3.05) is 28.0 Å². The molecule has 0 saturated heterocycles. The molecule has 2 aromatic carbocycles. The van der Waals surface area contributed by atoms with Gasteiger partial charge in [-0.15, -0.1) is 0 Å². The predicted octanol–water partition coefficient (Wildman–Crippen LogP) is 3.83. The first-order chi connectivity index (χ1) is 12.4. The molecule has 2 aromatic rings. The molecule has 0 bridgehead atoms. The fourth-order valence-corrected chi connectivity index (χ4v) is 3.36. The standard InChI is InChI=1S/C20H25N3O2S/c1-16(2)26(24,25)22-19-7-5-17(6-8-19)15-21-18-9-11-20(12-10-18)23-13-3-4-14-23/h3-12,16,21-22H,13-15H2,1-2H3. The highest BCUT2D eigenvalue weighted by Crippen LogP contribution is 2.20. The Bertz CT molecular complexity index is 849. The number of anilines is 3. The molecule has 1 aliphatic heterocycles. The summed E-state index contributed by atoms with van der Waals surface area (Å²) in [5, 5.41) is 2.94. The van der Waals surface area contributed by atoms with Crippen molar-refractivity contribution in [3.63, 3.8) is 0 Å². The maximum absolute atomic E-state index is 11.9. The van der Waals surface area contributed by atoms with Crippen molar-refractivity contribution in [2.24, 2.45) is 0 Å². The summed E-state index contributed by atoms with van der Waals surface area (Å²) in [5.74, 6) is 0. The van der Waals surface area contributed by atoms with Crippen LogP contribution in [0.2, 0.25) is 0 Å². The molecule has 2 N–H and O–H groups in total. The molecular weight excluding hydrogens is 346 g/mol. The number of nitrogens with one attached hydrogen (secondary N) is 2. The van der Waals surface area contributed by atoms with E-state index in [2.05, 4.69) is 51.4 Å². The number of rotatable bonds is 7. The smallest absolute Gasteiger partial charge is 0.235 e. The number of hydrogen-bond donors (Lipinski definition) is 2. The fourth-order valence-electron chi connectivity index (χ4n) is 2.66. The van der Waals surface area contributed by atoms with E-state index < -0.39 is 15.3 Å². The van der Waals surface area contributed by atoms with E-state index in [4.69, 9.17) is 0 Å². The highest BCUT2D eigenvalue weighted by Gasteiger charge is 2.15. The van der Waals surface area contributed by atoms with Crippen LogP contribution >= 0.6 is 0 Å². The molecule has 0 saturated carbocycles. The summed E-state index contributed by atoms with van der Waals surface area (Å²) in [6.45, 7) is 5.94. The van der Waals surface area contributed by atoms with Gasteiger partial charge >= 0.3 is 0 Å². The molecule has 0 atom stereocenters. The largest absolute Gasteiger partial charge is 0.381 e. The number of benzene rings is 2. The lowest BCUT2D eigenvalue weighted by Gasteiger charge is -2.18. The average molecular weight is 372 g/mol. The second kappa shape index (κ2) is 7.83. The number of sulfonamides is 1. The normalized spacial score (nSPS) is 14.0. The quantitative estimate of drug-likeness (QED) is 0.726. The van der Waals surface area contributed by atoms with Gasteiger partial charge < -0.3 is 10.2 Å². The third kappa shape index (κ3) is 4.58. The van der Waals surface area contributed by atoms with Crippen LogP contribution in [0.25, 0.3) is 0 Å². The Morgan fingerprint density at radius 2 is 1.50 bits per heavy atom. The van der Waals surface area contributed by atoms with Gasteiger partial charge in [0.15, 0.2) is 0 Å². The van der Waals surface area contributed by atoms with Gasteiger partial charge in [-0.3, -0.25) is 4.72 Å². The van der Waals surface area contributed by atoms with Gasteiger partial charge in [-0.25, -0.2) is 8.42 Å². The lowest BCUT2D eigenvalue weighted by Crippen LogP contribution is -2.22. The maximum Gasteiger partial charge on any atom is 0.235 e. The van der Waals surface area contributed by atoms with Crippen molar-refractivity contribution in [1.82, 2.24) is 0 Å². The predicted molar refractivity (Wildman–Crippen MR) is 109 cm³/mol. The summed E-state index contributed by atoms with van der Waals surface area (Å²) >= 11 is 0. The summed E-state index contributed by atoms with van der Waals surface area (Å²) in [5.41, 5.74) is 3.96. The molecule has 0 unspecified atom stereocenters. The van der Waals surface area contributed by atoms with Crippen LogP contribution in [0.3, 0.4) is 0 Å². The number of nitrogens with zero attached hydrogens (tertiary/aromatic N) is 1. The van der Waals surface area contributed by atoms with Crippen LogP contribution in [-0.2, 0) is 16.6 Å². The summed E-state index contributed by atoms with van der Waals surface area (Å²) in [7, 11) is -3.30. The molecule has 0 aliphatic carbocycles. The summed E-state index contributed by atoms with van der Waals surface area (Å²) < 4.78 is 26.4. The van der Waals surface area contributed by atoms with Crippen molar-refractivity contribution < 1.29 is 8.42 Å². The second-order valence-electron chi connectivity index (χ2n) is 6.67. The molecule has 1 aliphatic rings. The minimum Gasteiger partial charge on any atom is -0.381 e. The van der Waals surface area contributed by atoms with Gasteiger partial charge in [-0.2, -0.15) is 0 Å². The second-order valence-corrected chi connectivity index (χ2v) is 8.91. The van der Waals surface area contributed by atoms with E-state index in [-0.39, 0.29) is 0 Å². The summed E-state index contributed by atoms with van der Waals surface area (Å²) in [6.07, 6.45) is 4.36. The Morgan fingerprint density at radius 1 is 0.923 bits per heavy atom. The lowest BCUT2D eigenvalue weighted by molar-refractivity contribution is 0.593. The van der Waals surface area contributed by atoms with Crippen molar-refractivity contribution >= 4 is 27.1 Å². The van der Waals surface area contributed by atoms with E-state index in [0.717, 1.165) is 24.3 Å². The highest BCUT2D eigenvalue weighted by atomic mass is 32.2. The first kappa shape index (κ1) is 18.3. The Labute approximate surface area is 155 Å². The van der Waals surface area contributed by atoms with E-state index >= 15 is 0 Å². The molecule has 1 heterocycles. The topological polar surface area (TPSA) is 61.4 Å². The molecule has 0 fully saturated rings. The average Bonchev–Trinajstić information content (AvgIpc) is 3.16. The van der Waals surface area contributed by atoms with Gasteiger partial charge in [-0.1, -0.05) is 24.3 Å². The van der Waals surface area contributed by atoms with Gasteiger partial charge in [0.05, 0.1) is 5.25 Å². The van der Waals surface area contributed by atoms with Crippen LogP contribution in [0, 0.1) is 0 Å². The van der Waals surface area contributed by atoms with Gasteiger partial charge in [-0.05, 0) is 55.8 Å². The third-order valence-electron chi connectivity index (χ3n) is 4.38. The zero-order valence-electron chi connectivity index (χ0n) is 15.1. The Balaban J connectivity index is 1.54. The molecule has 26 heavy (non-hydrogen) atoms. The molecule has 138 valence electrons. The van der Waals surface area contributed by atoms with Crippen molar-refractivity contribution in [3.05, 3.63) is 66.2 Å².